The fourth-order valence-corrected chi connectivity index (χ4v) is 3.21. The van der Waals surface area contributed by atoms with E-state index < -0.39 is 0 Å². The van der Waals surface area contributed by atoms with Gasteiger partial charge in [0.1, 0.15) is 11.3 Å². The first-order chi connectivity index (χ1) is 12.2. The number of nitrogens with zero attached hydrogens (tertiary/aromatic N) is 3. The molecule has 0 saturated carbocycles. The Morgan fingerprint density at radius 3 is 2.73 bits per heavy atom. The molecule has 0 atom stereocenters. The Bertz CT molecular complexity index is 1140. The van der Waals surface area contributed by atoms with Crippen molar-refractivity contribution in [2.45, 2.75) is 20.4 Å². The van der Waals surface area contributed by atoms with Crippen LogP contribution in [0.2, 0.25) is 0 Å². The van der Waals surface area contributed by atoms with Crippen LogP contribution in [0.5, 0.6) is 11.6 Å². The van der Waals surface area contributed by atoms with E-state index in [2.05, 4.69) is 34.3 Å². The second kappa shape index (κ2) is 7.07. The molecule has 3 heterocycles. The summed E-state index contributed by atoms with van der Waals surface area (Å²) in [7, 11) is 0. The van der Waals surface area contributed by atoms with Crippen molar-refractivity contribution in [2.75, 3.05) is 0 Å². The molecule has 0 aliphatic heterocycles. The van der Waals surface area contributed by atoms with Crippen molar-refractivity contribution >= 4 is 34.1 Å². The van der Waals surface area contributed by atoms with Crippen LogP contribution < -0.4 is 4.74 Å². The molecule has 0 bridgehead atoms. The highest BCUT2D eigenvalue weighted by molar-refractivity contribution is 5.91. The van der Waals surface area contributed by atoms with Crippen LogP contribution in [0.15, 0.2) is 48.9 Å². The Kier molecular flexibility index (Phi) is 4.83. The van der Waals surface area contributed by atoms with E-state index >= 15 is 0 Å². The van der Waals surface area contributed by atoms with Crippen LogP contribution in [0.25, 0.3) is 21.7 Å². The molecular formula is C21H18ClN3O. The Balaban J connectivity index is 0.00000196. The summed E-state index contributed by atoms with van der Waals surface area (Å²) in [5.41, 5.74) is 3.26. The lowest BCUT2D eigenvalue weighted by Crippen LogP contribution is -2.00. The summed E-state index contributed by atoms with van der Waals surface area (Å²) >= 11 is 0. The maximum absolute atomic E-state index is 6.23. The Morgan fingerprint density at radius 1 is 1.12 bits per heavy atom. The molecule has 4 rings (SSSR count). The minimum Gasteiger partial charge on any atom is -0.436 e. The summed E-state index contributed by atoms with van der Waals surface area (Å²) in [6.45, 7) is 4.65. The smallest absolute Gasteiger partial charge is 0.244 e. The van der Waals surface area contributed by atoms with Crippen LogP contribution in [0.3, 0.4) is 0 Å². The molecule has 130 valence electrons. The molecule has 4 aromatic rings. The first kappa shape index (κ1) is 17.8. The molecule has 0 radical (unpaired) electrons. The van der Waals surface area contributed by atoms with E-state index in [9.17, 15) is 0 Å². The number of fused-ring (bicyclic) bond motifs is 2. The third-order valence-corrected chi connectivity index (χ3v) is 4.61. The number of aryl methyl sites for hydroxylation is 1. The fourth-order valence-electron chi connectivity index (χ4n) is 3.21. The van der Waals surface area contributed by atoms with Gasteiger partial charge in [-0.1, -0.05) is 18.1 Å². The molecule has 0 N–H and O–H groups in total. The van der Waals surface area contributed by atoms with Crippen molar-refractivity contribution in [3.63, 3.8) is 0 Å². The van der Waals surface area contributed by atoms with Gasteiger partial charge in [0.2, 0.25) is 5.88 Å². The van der Waals surface area contributed by atoms with Gasteiger partial charge < -0.3 is 9.30 Å². The van der Waals surface area contributed by atoms with Crippen LogP contribution in [0.1, 0.15) is 11.3 Å². The van der Waals surface area contributed by atoms with E-state index in [4.69, 9.17) is 11.2 Å². The van der Waals surface area contributed by atoms with Crippen molar-refractivity contribution < 1.29 is 4.74 Å². The van der Waals surface area contributed by atoms with Crippen molar-refractivity contribution in [3.05, 3.63) is 60.2 Å². The molecular weight excluding hydrogens is 346 g/mol. The van der Waals surface area contributed by atoms with Crippen molar-refractivity contribution in [1.82, 2.24) is 14.5 Å². The molecule has 0 aliphatic carbocycles. The number of halogens is 1. The van der Waals surface area contributed by atoms with Crippen molar-refractivity contribution in [1.29, 1.82) is 0 Å². The SMILES string of the molecule is C#CCn1c(C)c(C)c2ccnc(Oc3cccc4cnccc34)c21.Cl. The molecule has 1 aromatic carbocycles. The number of benzene rings is 1. The van der Waals surface area contributed by atoms with Crippen LogP contribution in [-0.4, -0.2) is 14.5 Å². The maximum Gasteiger partial charge on any atom is 0.244 e. The first-order valence-corrected chi connectivity index (χ1v) is 8.09. The van der Waals surface area contributed by atoms with Gasteiger partial charge in [-0.25, -0.2) is 4.98 Å². The average Bonchev–Trinajstić information content (AvgIpc) is 2.88. The molecule has 26 heavy (non-hydrogen) atoms. The van der Waals surface area contributed by atoms with Crippen molar-refractivity contribution in [2.24, 2.45) is 0 Å². The quantitative estimate of drug-likeness (QED) is 0.478. The van der Waals surface area contributed by atoms with Gasteiger partial charge in [0, 0.05) is 40.4 Å². The van der Waals surface area contributed by atoms with Crippen LogP contribution >= 0.6 is 12.4 Å². The average molecular weight is 364 g/mol. The van der Waals surface area contributed by atoms with Gasteiger partial charge in [-0.05, 0) is 37.6 Å². The van der Waals surface area contributed by atoms with Gasteiger partial charge in [0.05, 0.1) is 6.54 Å². The molecule has 0 amide bonds. The van der Waals surface area contributed by atoms with Gasteiger partial charge >= 0.3 is 0 Å². The van der Waals surface area contributed by atoms with Crippen molar-refractivity contribution in [3.8, 4) is 24.0 Å². The van der Waals surface area contributed by atoms with Crippen LogP contribution in [0.4, 0.5) is 0 Å². The lowest BCUT2D eigenvalue weighted by molar-refractivity contribution is 0.471. The summed E-state index contributed by atoms with van der Waals surface area (Å²) in [5.74, 6) is 4.04. The molecule has 0 aliphatic rings. The third-order valence-electron chi connectivity index (χ3n) is 4.61. The number of pyridine rings is 2. The second-order valence-electron chi connectivity index (χ2n) is 5.97. The molecule has 0 unspecified atom stereocenters. The number of ether oxygens (including phenoxy) is 1. The topological polar surface area (TPSA) is 39.9 Å². The number of hydrogen-bond acceptors (Lipinski definition) is 3. The van der Waals surface area contributed by atoms with Gasteiger partial charge in [-0.2, -0.15) is 0 Å². The molecule has 0 spiro atoms. The Hall–Kier alpha value is -3.03. The largest absolute Gasteiger partial charge is 0.436 e. The highest BCUT2D eigenvalue weighted by atomic mass is 35.5. The predicted molar refractivity (Wildman–Crippen MR) is 107 cm³/mol. The van der Waals surface area contributed by atoms with Crippen LogP contribution in [-0.2, 0) is 6.54 Å². The lowest BCUT2D eigenvalue weighted by atomic mass is 10.1. The van der Waals surface area contributed by atoms with Gasteiger partial charge in [-0.3, -0.25) is 4.98 Å². The van der Waals surface area contributed by atoms with E-state index in [1.807, 2.05) is 36.5 Å². The monoisotopic (exact) mass is 363 g/mol. The molecule has 4 nitrogen and oxygen atoms in total. The molecule has 0 fully saturated rings. The van der Waals surface area contributed by atoms with E-state index in [1.165, 1.54) is 5.56 Å². The standard InChI is InChI=1S/C21H17N3O.ClH/c1-4-12-24-15(3)14(2)17-9-11-23-21(20(17)24)25-19-7-5-6-16-13-22-10-8-18(16)19;/h1,5-11,13H,12H2,2-3H3;1H. The minimum atomic E-state index is 0. The molecule has 5 heteroatoms. The zero-order chi connectivity index (χ0) is 17.4. The van der Waals surface area contributed by atoms with Gasteiger partial charge in [0.15, 0.2) is 0 Å². The number of terminal acetylenes is 1. The van der Waals surface area contributed by atoms with E-state index in [0.29, 0.717) is 12.4 Å². The number of hydrogen-bond donors (Lipinski definition) is 0. The third kappa shape index (κ3) is 2.77. The van der Waals surface area contributed by atoms with Crippen LogP contribution in [0, 0.1) is 26.2 Å². The summed E-state index contributed by atoms with van der Waals surface area (Å²) in [6.07, 6.45) is 10.9. The summed E-state index contributed by atoms with van der Waals surface area (Å²) < 4.78 is 8.31. The van der Waals surface area contributed by atoms with E-state index in [-0.39, 0.29) is 12.4 Å². The predicted octanol–water partition coefficient (Wildman–Crippen LogP) is 5.05. The first-order valence-electron chi connectivity index (χ1n) is 8.09. The summed E-state index contributed by atoms with van der Waals surface area (Å²) in [5, 5.41) is 3.14. The maximum atomic E-state index is 6.23. The number of rotatable bonds is 3. The zero-order valence-corrected chi connectivity index (χ0v) is 15.4. The van der Waals surface area contributed by atoms with E-state index in [1.54, 1.807) is 12.4 Å². The number of aromatic nitrogens is 3. The Labute approximate surface area is 158 Å². The Morgan fingerprint density at radius 2 is 1.92 bits per heavy atom. The van der Waals surface area contributed by atoms with Gasteiger partial charge in [0.25, 0.3) is 0 Å². The zero-order valence-electron chi connectivity index (χ0n) is 14.6. The highest BCUT2D eigenvalue weighted by Gasteiger charge is 2.16. The highest BCUT2D eigenvalue weighted by Crippen LogP contribution is 2.35. The second-order valence-corrected chi connectivity index (χ2v) is 5.97. The van der Waals surface area contributed by atoms with E-state index in [0.717, 1.165) is 33.1 Å². The normalized spacial score (nSPS) is 10.5. The summed E-state index contributed by atoms with van der Waals surface area (Å²) in [6, 6.07) is 9.86. The molecule has 3 aromatic heterocycles. The van der Waals surface area contributed by atoms with Gasteiger partial charge in [-0.15, -0.1) is 18.8 Å². The summed E-state index contributed by atoms with van der Waals surface area (Å²) in [4.78, 5) is 8.65. The fraction of sp³-hybridized carbons (Fsp3) is 0.143. The molecule has 0 saturated heterocycles. The lowest BCUT2D eigenvalue weighted by Gasteiger charge is -2.11. The minimum absolute atomic E-state index is 0.